The Bertz CT molecular complexity index is 971. The summed E-state index contributed by atoms with van der Waals surface area (Å²) in [5, 5.41) is 0. The van der Waals surface area contributed by atoms with Gasteiger partial charge in [0.1, 0.15) is 5.75 Å². The topological polar surface area (TPSA) is 70.2 Å². The zero-order chi connectivity index (χ0) is 21.1. The number of piperidine rings is 1. The fourth-order valence-corrected chi connectivity index (χ4v) is 5.65. The largest absolute Gasteiger partial charge is 0.497 e. The minimum atomic E-state index is -3.54. The molecule has 0 saturated carbocycles. The Balaban J connectivity index is 1.35. The maximum Gasteiger partial charge on any atom is 0.320 e. The van der Waals surface area contributed by atoms with E-state index in [-0.39, 0.29) is 17.0 Å². The number of methoxy groups -OCH3 is 1. The van der Waals surface area contributed by atoms with Gasteiger partial charge in [-0.15, -0.1) is 0 Å². The van der Waals surface area contributed by atoms with Crippen LogP contribution in [0.25, 0.3) is 0 Å². The highest BCUT2D eigenvalue weighted by Crippen LogP contribution is 2.27. The second-order valence-electron chi connectivity index (χ2n) is 7.69. The molecule has 8 heteroatoms. The third-order valence-electron chi connectivity index (χ3n) is 5.90. The summed E-state index contributed by atoms with van der Waals surface area (Å²) in [4.78, 5) is 16.9. The van der Waals surface area contributed by atoms with Crippen LogP contribution in [0.5, 0.6) is 5.75 Å². The van der Waals surface area contributed by atoms with Crippen LogP contribution in [-0.2, 0) is 16.6 Å². The van der Waals surface area contributed by atoms with Crippen LogP contribution >= 0.6 is 0 Å². The third kappa shape index (κ3) is 4.15. The molecule has 0 spiro atoms. The van der Waals surface area contributed by atoms with Crippen molar-refractivity contribution in [1.29, 1.82) is 0 Å². The molecule has 30 heavy (non-hydrogen) atoms. The van der Waals surface area contributed by atoms with Crippen LogP contribution in [0.2, 0.25) is 0 Å². The van der Waals surface area contributed by atoms with Crippen LogP contribution in [0.4, 0.5) is 4.79 Å². The highest BCUT2D eigenvalue weighted by Gasteiger charge is 2.37. The average molecular weight is 430 g/mol. The van der Waals surface area contributed by atoms with Crippen molar-refractivity contribution in [2.75, 3.05) is 33.3 Å². The minimum Gasteiger partial charge on any atom is -0.497 e. The molecule has 0 aliphatic carbocycles. The number of ether oxygens (including phenoxy) is 1. The first-order valence-electron chi connectivity index (χ1n) is 10.2. The quantitative estimate of drug-likeness (QED) is 0.708. The van der Waals surface area contributed by atoms with Gasteiger partial charge in [0.2, 0.25) is 10.0 Å². The van der Waals surface area contributed by atoms with E-state index < -0.39 is 10.0 Å². The average Bonchev–Trinajstić information content (AvgIpc) is 3.14. The number of benzene rings is 2. The first-order valence-corrected chi connectivity index (χ1v) is 11.7. The molecule has 2 amide bonds. The number of hydrogen-bond donors (Lipinski definition) is 0. The Morgan fingerprint density at radius 2 is 1.60 bits per heavy atom. The molecule has 2 aliphatic heterocycles. The van der Waals surface area contributed by atoms with E-state index in [9.17, 15) is 13.2 Å². The van der Waals surface area contributed by atoms with Crippen LogP contribution < -0.4 is 4.74 Å². The summed E-state index contributed by atoms with van der Waals surface area (Å²) < 4.78 is 32.5. The minimum absolute atomic E-state index is 0.0512. The molecule has 2 aromatic rings. The molecule has 2 fully saturated rings. The van der Waals surface area contributed by atoms with Gasteiger partial charge in [-0.1, -0.05) is 30.3 Å². The number of amides is 2. The second-order valence-corrected chi connectivity index (χ2v) is 9.63. The SMILES string of the molecule is COc1ccc(S(=O)(=O)N2CCC(N3CCN(Cc4ccccc4)C3=O)CC2)cc1. The number of carbonyl (C=O) groups excluding carboxylic acids is 1. The van der Waals surface area contributed by atoms with Gasteiger partial charge < -0.3 is 14.5 Å². The molecule has 4 rings (SSSR count). The summed E-state index contributed by atoms with van der Waals surface area (Å²) in [7, 11) is -1.98. The first kappa shape index (κ1) is 20.7. The summed E-state index contributed by atoms with van der Waals surface area (Å²) in [6, 6.07) is 16.6. The molecule has 0 bridgehead atoms. The molecule has 2 aromatic carbocycles. The Labute approximate surface area is 177 Å². The second kappa shape index (κ2) is 8.65. The molecule has 0 aromatic heterocycles. The van der Waals surface area contributed by atoms with E-state index in [1.54, 1.807) is 31.4 Å². The van der Waals surface area contributed by atoms with Crippen LogP contribution in [0, 0.1) is 0 Å². The molecule has 2 heterocycles. The highest BCUT2D eigenvalue weighted by molar-refractivity contribution is 7.89. The molecule has 0 atom stereocenters. The van der Waals surface area contributed by atoms with Gasteiger partial charge in [-0.25, -0.2) is 13.2 Å². The lowest BCUT2D eigenvalue weighted by atomic mass is 10.1. The molecule has 0 radical (unpaired) electrons. The van der Waals surface area contributed by atoms with E-state index >= 15 is 0 Å². The summed E-state index contributed by atoms with van der Waals surface area (Å²) in [6.45, 7) is 2.85. The number of urea groups is 1. The van der Waals surface area contributed by atoms with Gasteiger partial charge in [-0.3, -0.25) is 0 Å². The van der Waals surface area contributed by atoms with Crippen molar-refractivity contribution in [3.63, 3.8) is 0 Å². The lowest BCUT2D eigenvalue weighted by Crippen LogP contribution is -2.47. The molecule has 2 saturated heterocycles. The third-order valence-corrected chi connectivity index (χ3v) is 7.82. The van der Waals surface area contributed by atoms with Crippen molar-refractivity contribution in [2.24, 2.45) is 0 Å². The van der Waals surface area contributed by atoms with Gasteiger partial charge in [-0.2, -0.15) is 4.31 Å². The van der Waals surface area contributed by atoms with Gasteiger partial charge in [0.15, 0.2) is 0 Å². The maximum absolute atomic E-state index is 12.9. The van der Waals surface area contributed by atoms with Crippen LogP contribution in [0.1, 0.15) is 18.4 Å². The molecule has 160 valence electrons. The zero-order valence-corrected chi connectivity index (χ0v) is 17.9. The van der Waals surface area contributed by atoms with E-state index in [4.69, 9.17) is 4.74 Å². The molecular formula is C22H27N3O4S. The molecular weight excluding hydrogens is 402 g/mol. The van der Waals surface area contributed by atoms with Crippen molar-refractivity contribution in [3.8, 4) is 5.75 Å². The van der Waals surface area contributed by atoms with E-state index in [0.717, 1.165) is 5.56 Å². The molecule has 0 unspecified atom stereocenters. The number of nitrogens with zero attached hydrogens (tertiary/aromatic N) is 3. The van der Waals surface area contributed by atoms with E-state index in [1.165, 1.54) is 4.31 Å². The van der Waals surface area contributed by atoms with E-state index in [2.05, 4.69) is 0 Å². The predicted molar refractivity (Wildman–Crippen MR) is 114 cm³/mol. The first-order chi connectivity index (χ1) is 14.5. The predicted octanol–water partition coefficient (Wildman–Crippen LogP) is 2.79. The lowest BCUT2D eigenvalue weighted by Gasteiger charge is -2.35. The van der Waals surface area contributed by atoms with Crippen molar-refractivity contribution < 1.29 is 17.9 Å². The number of sulfonamides is 1. The number of carbonyl (C=O) groups is 1. The Morgan fingerprint density at radius 1 is 0.933 bits per heavy atom. The maximum atomic E-state index is 12.9. The van der Waals surface area contributed by atoms with E-state index in [1.807, 2.05) is 40.1 Å². The Hall–Kier alpha value is -2.58. The van der Waals surface area contributed by atoms with Gasteiger partial charge in [0.25, 0.3) is 0 Å². The van der Waals surface area contributed by atoms with Crippen molar-refractivity contribution in [2.45, 2.75) is 30.3 Å². The fourth-order valence-electron chi connectivity index (χ4n) is 4.18. The molecule has 0 N–H and O–H groups in total. The van der Waals surface area contributed by atoms with Gasteiger partial charge in [-0.05, 0) is 42.7 Å². The summed E-state index contributed by atoms with van der Waals surface area (Å²) >= 11 is 0. The van der Waals surface area contributed by atoms with Gasteiger partial charge >= 0.3 is 6.03 Å². The van der Waals surface area contributed by atoms with E-state index in [0.29, 0.717) is 51.3 Å². The van der Waals surface area contributed by atoms with Crippen molar-refractivity contribution >= 4 is 16.1 Å². The van der Waals surface area contributed by atoms with Crippen LogP contribution in [0.15, 0.2) is 59.5 Å². The van der Waals surface area contributed by atoms with Crippen molar-refractivity contribution in [3.05, 3.63) is 60.2 Å². The summed E-state index contributed by atoms with van der Waals surface area (Å²) in [5.74, 6) is 0.625. The number of hydrogen-bond acceptors (Lipinski definition) is 4. The molecule has 2 aliphatic rings. The van der Waals surface area contributed by atoms with Gasteiger partial charge in [0.05, 0.1) is 12.0 Å². The standard InChI is InChI=1S/C22H27N3O4S/c1-29-20-7-9-21(10-8-20)30(27,28)24-13-11-19(12-14-24)25-16-15-23(22(25)26)17-18-5-3-2-4-6-18/h2-10,19H,11-17H2,1H3. The summed E-state index contributed by atoms with van der Waals surface area (Å²) in [5.41, 5.74) is 1.12. The summed E-state index contributed by atoms with van der Waals surface area (Å²) in [6.07, 6.45) is 1.31. The monoisotopic (exact) mass is 429 g/mol. The van der Waals surface area contributed by atoms with Crippen LogP contribution in [-0.4, -0.2) is 67.9 Å². The van der Waals surface area contributed by atoms with Gasteiger partial charge in [0, 0.05) is 38.8 Å². The Kier molecular flexibility index (Phi) is 5.97. The normalized spacial score (nSPS) is 18.8. The highest BCUT2D eigenvalue weighted by atomic mass is 32.2. The zero-order valence-electron chi connectivity index (χ0n) is 17.1. The molecule has 7 nitrogen and oxygen atoms in total. The van der Waals surface area contributed by atoms with Crippen LogP contribution in [0.3, 0.4) is 0 Å². The number of rotatable bonds is 6. The van der Waals surface area contributed by atoms with Crippen molar-refractivity contribution in [1.82, 2.24) is 14.1 Å². The smallest absolute Gasteiger partial charge is 0.320 e. The Morgan fingerprint density at radius 3 is 2.23 bits per heavy atom. The fraction of sp³-hybridized carbons (Fsp3) is 0.409. The lowest BCUT2D eigenvalue weighted by molar-refractivity contribution is 0.153.